The van der Waals surface area contributed by atoms with Crippen molar-refractivity contribution < 1.29 is 29.0 Å². The minimum Gasteiger partial charge on any atom is -0.507 e. The van der Waals surface area contributed by atoms with Gasteiger partial charge in [0.1, 0.15) is 11.5 Å². The number of Topliss-reactive ketones (excluding diaryl/α,β-unsaturated/α-hetero) is 1. The van der Waals surface area contributed by atoms with E-state index in [0.29, 0.717) is 11.1 Å². The number of aliphatic hydroxyl groups excluding tert-OH is 1. The van der Waals surface area contributed by atoms with Gasteiger partial charge in [0, 0.05) is 26.1 Å². The predicted molar refractivity (Wildman–Crippen MR) is 115 cm³/mol. The average molecular weight is 423 g/mol. The molecule has 1 saturated heterocycles. The lowest BCUT2D eigenvalue weighted by Crippen LogP contribution is -2.32. The summed E-state index contributed by atoms with van der Waals surface area (Å²) in [6.45, 7) is 5.52. The van der Waals surface area contributed by atoms with Gasteiger partial charge in [0.2, 0.25) is 0 Å². The summed E-state index contributed by atoms with van der Waals surface area (Å²) >= 11 is 0. The van der Waals surface area contributed by atoms with E-state index in [1.54, 1.807) is 36.4 Å². The van der Waals surface area contributed by atoms with Crippen LogP contribution in [-0.2, 0) is 19.1 Å². The van der Waals surface area contributed by atoms with Gasteiger partial charge in [-0.1, -0.05) is 24.3 Å². The topological polar surface area (TPSA) is 93.1 Å². The van der Waals surface area contributed by atoms with Crippen molar-refractivity contribution in [1.82, 2.24) is 4.90 Å². The summed E-state index contributed by atoms with van der Waals surface area (Å²) in [4.78, 5) is 38.5. The summed E-state index contributed by atoms with van der Waals surface area (Å²) in [6.07, 6.45) is 0. The Labute approximate surface area is 180 Å². The van der Waals surface area contributed by atoms with E-state index < -0.39 is 23.7 Å². The van der Waals surface area contributed by atoms with E-state index in [-0.39, 0.29) is 30.2 Å². The maximum absolute atomic E-state index is 13.0. The van der Waals surface area contributed by atoms with Crippen LogP contribution in [0.25, 0.3) is 5.76 Å². The van der Waals surface area contributed by atoms with Crippen molar-refractivity contribution in [1.29, 1.82) is 0 Å². The van der Waals surface area contributed by atoms with Crippen LogP contribution in [0.1, 0.15) is 35.2 Å². The monoisotopic (exact) mass is 423 g/mol. The first-order valence-corrected chi connectivity index (χ1v) is 9.88. The second-order valence-corrected chi connectivity index (χ2v) is 7.45. The van der Waals surface area contributed by atoms with Crippen molar-refractivity contribution in [2.45, 2.75) is 26.8 Å². The molecule has 162 valence electrons. The largest absolute Gasteiger partial charge is 0.507 e. The van der Waals surface area contributed by atoms with E-state index in [0.717, 1.165) is 11.1 Å². The second-order valence-electron chi connectivity index (χ2n) is 7.45. The molecule has 0 aromatic heterocycles. The van der Waals surface area contributed by atoms with E-state index in [4.69, 9.17) is 9.47 Å². The van der Waals surface area contributed by atoms with Gasteiger partial charge >= 0.3 is 5.97 Å². The van der Waals surface area contributed by atoms with Crippen LogP contribution in [0.4, 0.5) is 0 Å². The number of aliphatic hydroxyl groups is 1. The first kappa shape index (κ1) is 22.2. The van der Waals surface area contributed by atoms with Gasteiger partial charge in [0.05, 0.1) is 18.2 Å². The van der Waals surface area contributed by atoms with Gasteiger partial charge in [-0.05, 0) is 48.7 Å². The number of amides is 1. The number of carbonyl (C=O) groups is 3. The quantitative estimate of drug-likeness (QED) is 0.252. The van der Waals surface area contributed by atoms with Crippen LogP contribution in [0.2, 0.25) is 0 Å². The molecule has 0 radical (unpaired) electrons. The Hall–Kier alpha value is -3.45. The molecule has 1 unspecified atom stereocenters. The number of likely N-dealkylation sites (tertiary alicyclic amines) is 1. The maximum Gasteiger partial charge on any atom is 0.308 e. The molecular weight excluding hydrogens is 398 g/mol. The molecule has 2 aromatic rings. The minimum absolute atomic E-state index is 0.00988. The van der Waals surface area contributed by atoms with Crippen LogP contribution < -0.4 is 4.74 Å². The van der Waals surface area contributed by atoms with Crippen molar-refractivity contribution in [3.05, 3.63) is 70.3 Å². The van der Waals surface area contributed by atoms with Crippen LogP contribution in [0.5, 0.6) is 5.75 Å². The molecule has 0 aliphatic carbocycles. The molecule has 31 heavy (non-hydrogen) atoms. The molecule has 3 rings (SSSR count). The SMILES string of the molecule is COCCN1C(=O)C(=O)/C(=C(\O)c2ccc(C)c(C)c2)C1c1cccc(OC(C)=O)c1. The molecule has 2 aromatic carbocycles. The van der Waals surface area contributed by atoms with Gasteiger partial charge in [-0.3, -0.25) is 14.4 Å². The average Bonchev–Trinajstić information content (AvgIpc) is 2.98. The molecule has 7 heteroatoms. The Morgan fingerprint density at radius 2 is 1.84 bits per heavy atom. The van der Waals surface area contributed by atoms with Gasteiger partial charge in [0.25, 0.3) is 11.7 Å². The number of ether oxygens (including phenoxy) is 2. The molecule has 7 nitrogen and oxygen atoms in total. The number of hydrogen-bond acceptors (Lipinski definition) is 6. The number of esters is 1. The van der Waals surface area contributed by atoms with Gasteiger partial charge < -0.3 is 19.5 Å². The van der Waals surface area contributed by atoms with E-state index in [1.165, 1.54) is 18.9 Å². The minimum atomic E-state index is -0.840. The third kappa shape index (κ3) is 4.51. The Bertz CT molecular complexity index is 1070. The summed E-state index contributed by atoms with van der Waals surface area (Å²) in [5, 5.41) is 11.1. The fraction of sp³-hybridized carbons (Fsp3) is 0.292. The Morgan fingerprint density at radius 1 is 1.10 bits per heavy atom. The van der Waals surface area contributed by atoms with Crippen molar-refractivity contribution in [3.63, 3.8) is 0 Å². The molecule has 1 aliphatic heterocycles. The van der Waals surface area contributed by atoms with Gasteiger partial charge in [0.15, 0.2) is 0 Å². The van der Waals surface area contributed by atoms with Crippen LogP contribution >= 0.6 is 0 Å². The standard InChI is InChI=1S/C24H25NO6/c1-14-8-9-18(12-15(14)2)22(27)20-21(25(10-11-30-4)24(29)23(20)28)17-6-5-7-19(13-17)31-16(3)26/h5-9,12-13,21,27H,10-11H2,1-4H3/b22-20-. The predicted octanol–water partition coefficient (Wildman–Crippen LogP) is 3.30. The van der Waals surface area contributed by atoms with Crippen molar-refractivity contribution in [2.24, 2.45) is 0 Å². The highest BCUT2D eigenvalue weighted by atomic mass is 16.5. The Morgan fingerprint density at radius 3 is 2.48 bits per heavy atom. The van der Waals surface area contributed by atoms with Gasteiger partial charge in [-0.15, -0.1) is 0 Å². The zero-order valence-corrected chi connectivity index (χ0v) is 18.0. The zero-order chi connectivity index (χ0) is 22.7. The molecule has 1 fully saturated rings. The number of methoxy groups -OCH3 is 1. The van der Waals surface area contributed by atoms with Crippen LogP contribution in [-0.4, -0.2) is 47.9 Å². The van der Waals surface area contributed by atoms with E-state index in [9.17, 15) is 19.5 Å². The summed E-state index contributed by atoms with van der Waals surface area (Å²) in [6, 6.07) is 11.1. The van der Waals surface area contributed by atoms with Crippen LogP contribution in [0, 0.1) is 13.8 Å². The molecule has 1 atom stereocenters. The fourth-order valence-corrected chi connectivity index (χ4v) is 3.61. The molecular formula is C24H25NO6. The molecule has 1 aliphatic rings. The first-order chi connectivity index (χ1) is 14.7. The Balaban J connectivity index is 2.17. The highest BCUT2D eigenvalue weighted by molar-refractivity contribution is 6.46. The number of rotatable bonds is 6. The summed E-state index contributed by atoms with van der Waals surface area (Å²) in [5.41, 5.74) is 2.98. The van der Waals surface area contributed by atoms with Crippen LogP contribution in [0.3, 0.4) is 0 Å². The number of carbonyl (C=O) groups excluding carboxylic acids is 3. The zero-order valence-electron chi connectivity index (χ0n) is 18.0. The lowest BCUT2D eigenvalue weighted by molar-refractivity contribution is -0.140. The highest BCUT2D eigenvalue weighted by Crippen LogP contribution is 2.40. The van der Waals surface area contributed by atoms with Crippen molar-refractivity contribution in [2.75, 3.05) is 20.3 Å². The summed E-state index contributed by atoms with van der Waals surface area (Å²) < 4.78 is 10.3. The van der Waals surface area contributed by atoms with E-state index in [2.05, 4.69) is 0 Å². The summed E-state index contributed by atoms with van der Waals surface area (Å²) in [7, 11) is 1.50. The van der Waals surface area contributed by atoms with Crippen molar-refractivity contribution >= 4 is 23.4 Å². The van der Waals surface area contributed by atoms with E-state index in [1.807, 2.05) is 19.9 Å². The molecule has 1 amide bonds. The first-order valence-electron chi connectivity index (χ1n) is 9.88. The van der Waals surface area contributed by atoms with E-state index >= 15 is 0 Å². The lowest BCUT2D eigenvalue weighted by atomic mass is 9.94. The Kier molecular flexibility index (Phi) is 6.56. The summed E-state index contributed by atoms with van der Waals surface area (Å²) in [5.74, 6) is -1.93. The third-order valence-corrected chi connectivity index (χ3v) is 5.29. The third-order valence-electron chi connectivity index (χ3n) is 5.29. The molecule has 1 N–H and O–H groups in total. The van der Waals surface area contributed by atoms with Crippen LogP contribution in [0.15, 0.2) is 48.0 Å². The highest BCUT2D eigenvalue weighted by Gasteiger charge is 2.46. The number of hydrogen-bond donors (Lipinski definition) is 1. The number of aryl methyl sites for hydroxylation is 2. The molecule has 1 heterocycles. The van der Waals surface area contributed by atoms with Gasteiger partial charge in [-0.2, -0.15) is 0 Å². The smallest absolute Gasteiger partial charge is 0.308 e. The fourth-order valence-electron chi connectivity index (χ4n) is 3.61. The maximum atomic E-state index is 13.0. The second kappa shape index (κ2) is 9.14. The molecule has 0 spiro atoms. The number of benzene rings is 2. The molecule has 0 saturated carbocycles. The number of nitrogens with zero attached hydrogens (tertiary/aromatic N) is 1. The molecule has 0 bridgehead atoms. The lowest BCUT2D eigenvalue weighted by Gasteiger charge is -2.25. The van der Waals surface area contributed by atoms with Gasteiger partial charge in [-0.25, -0.2) is 0 Å². The number of ketones is 1. The normalized spacial score (nSPS) is 17.8. The van der Waals surface area contributed by atoms with Crippen molar-refractivity contribution in [3.8, 4) is 5.75 Å².